The molecule has 1 aromatic carbocycles. The second-order valence-corrected chi connectivity index (χ2v) is 7.48. The molecule has 138 valence electrons. The predicted molar refractivity (Wildman–Crippen MR) is 101 cm³/mol. The van der Waals surface area contributed by atoms with Crippen LogP contribution in [0, 0.1) is 5.92 Å². The van der Waals surface area contributed by atoms with Crippen LogP contribution in [0.2, 0.25) is 0 Å². The van der Waals surface area contributed by atoms with Crippen molar-refractivity contribution in [2.24, 2.45) is 5.92 Å². The lowest BCUT2D eigenvalue weighted by Crippen LogP contribution is -2.49. The number of benzene rings is 1. The Balaban J connectivity index is 1.35. The fourth-order valence-electron chi connectivity index (χ4n) is 4.03. The molecule has 0 radical (unpaired) electrons. The lowest BCUT2D eigenvalue weighted by Gasteiger charge is -2.33. The van der Waals surface area contributed by atoms with Crippen LogP contribution in [0.25, 0.3) is 10.9 Å². The van der Waals surface area contributed by atoms with Crippen LogP contribution in [-0.2, 0) is 16.0 Å². The SMILES string of the molecule is CN1CCN(C(=O)C2CC(=O)N(CCc3c[nH]c4ccccc34)C2)CC1. The number of aromatic amines is 1. The summed E-state index contributed by atoms with van der Waals surface area (Å²) < 4.78 is 0. The Morgan fingerprint density at radius 2 is 1.96 bits per heavy atom. The zero-order valence-corrected chi connectivity index (χ0v) is 15.3. The number of nitrogens with one attached hydrogen (secondary N) is 1. The van der Waals surface area contributed by atoms with Crippen molar-refractivity contribution in [1.82, 2.24) is 19.7 Å². The molecule has 3 heterocycles. The molecule has 6 heteroatoms. The van der Waals surface area contributed by atoms with E-state index in [-0.39, 0.29) is 17.7 Å². The molecule has 2 amide bonds. The molecular weight excluding hydrogens is 328 g/mol. The first-order valence-corrected chi connectivity index (χ1v) is 9.42. The Bertz CT molecular complexity index is 807. The van der Waals surface area contributed by atoms with E-state index in [1.807, 2.05) is 28.1 Å². The standard InChI is InChI=1S/C20H26N4O2/c1-22-8-10-23(11-9-22)20(26)16-12-19(25)24(14-16)7-6-15-13-21-18-5-3-2-4-17(15)18/h2-5,13,16,21H,6-12,14H2,1H3. The summed E-state index contributed by atoms with van der Waals surface area (Å²) >= 11 is 0. The Hall–Kier alpha value is -2.34. The van der Waals surface area contributed by atoms with Gasteiger partial charge in [-0.1, -0.05) is 18.2 Å². The zero-order chi connectivity index (χ0) is 18.1. The van der Waals surface area contributed by atoms with Gasteiger partial charge in [-0.15, -0.1) is 0 Å². The molecule has 6 nitrogen and oxygen atoms in total. The topological polar surface area (TPSA) is 59.7 Å². The number of likely N-dealkylation sites (N-methyl/N-ethyl adjacent to an activating group) is 1. The lowest BCUT2D eigenvalue weighted by atomic mass is 10.1. The number of amides is 2. The number of piperazine rings is 1. The van der Waals surface area contributed by atoms with Gasteiger partial charge < -0.3 is 19.7 Å². The minimum absolute atomic E-state index is 0.109. The van der Waals surface area contributed by atoms with Crippen LogP contribution < -0.4 is 0 Å². The summed E-state index contributed by atoms with van der Waals surface area (Å²) in [6.45, 7) is 4.61. The third kappa shape index (κ3) is 3.33. The monoisotopic (exact) mass is 354 g/mol. The number of likely N-dealkylation sites (tertiary alicyclic amines) is 1. The van der Waals surface area contributed by atoms with Crippen molar-refractivity contribution in [3.8, 4) is 0 Å². The molecule has 0 saturated carbocycles. The molecular formula is C20H26N4O2. The summed E-state index contributed by atoms with van der Waals surface area (Å²) in [6, 6.07) is 8.21. The third-order valence-corrected chi connectivity index (χ3v) is 5.70. The molecule has 0 aliphatic carbocycles. The summed E-state index contributed by atoms with van der Waals surface area (Å²) in [5, 5.41) is 1.21. The van der Waals surface area contributed by atoms with E-state index < -0.39 is 0 Å². The van der Waals surface area contributed by atoms with Crippen LogP contribution >= 0.6 is 0 Å². The molecule has 1 aromatic heterocycles. The molecule has 1 atom stereocenters. The van der Waals surface area contributed by atoms with E-state index >= 15 is 0 Å². The van der Waals surface area contributed by atoms with Crippen molar-refractivity contribution in [3.05, 3.63) is 36.0 Å². The van der Waals surface area contributed by atoms with Crippen LogP contribution in [-0.4, -0.2) is 77.8 Å². The van der Waals surface area contributed by atoms with Gasteiger partial charge >= 0.3 is 0 Å². The van der Waals surface area contributed by atoms with Crippen molar-refractivity contribution in [3.63, 3.8) is 0 Å². The van der Waals surface area contributed by atoms with Crippen molar-refractivity contribution in [1.29, 1.82) is 0 Å². The van der Waals surface area contributed by atoms with Crippen LogP contribution in [0.5, 0.6) is 0 Å². The highest BCUT2D eigenvalue weighted by Crippen LogP contribution is 2.23. The first-order chi connectivity index (χ1) is 12.6. The van der Waals surface area contributed by atoms with Gasteiger partial charge in [-0.3, -0.25) is 9.59 Å². The summed E-state index contributed by atoms with van der Waals surface area (Å²) in [4.78, 5) is 34.4. The van der Waals surface area contributed by atoms with E-state index in [1.54, 1.807) is 0 Å². The van der Waals surface area contributed by atoms with Crippen LogP contribution in [0.3, 0.4) is 0 Å². The van der Waals surface area contributed by atoms with Gasteiger partial charge in [0, 0.05) is 62.8 Å². The summed E-state index contributed by atoms with van der Waals surface area (Å²) in [7, 11) is 2.08. The van der Waals surface area contributed by atoms with E-state index in [4.69, 9.17) is 0 Å². The zero-order valence-electron chi connectivity index (χ0n) is 15.3. The Morgan fingerprint density at radius 1 is 1.19 bits per heavy atom. The van der Waals surface area contributed by atoms with Gasteiger partial charge in [0.2, 0.25) is 11.8 Å². The van der Waals surface area contributed by atoms with Gasteiger partial charge in [0.15, 0.2) is 0 Å². The van der Waals surface area contributed by atoms with E-state index in [0.717, 1.165) is 38.1 Å². The fourth-order valence-corrected chi connectivity index (χ4v) is 4.03. The number of carbonyl (C=O) groups is 2. The van der Waals surface area contributed by atoms with Crippen molar-refractivity contribution in [2.75, 3.05) is 46.3 Å². The van der Waals surface area contributed by atoms with Gasteiger partial charge in [0.1, 0.15) is 0 Å². The maximum Gasteiger partial charge on any atom is 0.228 e. The van der Waals surface area contributed by atoms with E-state index in [1.165, 1.54) is 10.9 Å². The normalized spacial score (nSPS) is 21.7. The van der Waals surface area contributed by atoms with Gasteiger partial charge in [0.05, 0.1) is 5.92 Å². The van der Waals surface area contributed by atoms with Gasteiger partial charge in [-0.05, 0) is 25.1 Å². The third-order valence-electron chi connectivity index (χ3n) is 5.70. The second-order valence-electron chi connectivity index (χ2n) is 7.48. The molecule has 2 aliphatic heterocycles. The number of H-pyrrole nitrogens is 1. The Morgan fingerprint density at radius 3 is 2.77 bits per heavy atom. The molecule has 2 aliphatic rings. The highest BCUT2D eigenvalue weighted by Gasteiger charge is 2.36. The quantitative estimate of drug-likeness (QED) is 0.901. The van der Waals surface area contributed by atoms with Gasteiger partial charge in [0.25, 0.3) is 0 Å². The van der Waals surface area contributed by atoms with Crippen molar-refractivity contribution < 1.29 is 9.59 Å². The number of carbonyl (C=O) groups excluding carboxylic acids is 2. The molecule has 1 unspecified atom stereocenters. The average molecular weight is 354 g/mol. The van der Waals surface area contributed by atoms with Crippen LogP contribution in [0.15, 0.2) is 30.5 Å². The molecule has 0 spiro atoms. The van der Waals surface area contributed by atoms with Crippen LogP contribution in [0.4, 0.5) is 0 Å². The number of nitrogens with zero attached hydrogens (tertiary/aromatic N) is 3. The molecule has 1 N–H and O–H groups in total. The first kappa shape index (κ1) is 17.1. The molecule has 2 aromatic rings. The maximum absolute atomic E-state index is 12.7. The minimum atomic E-state index is -0.172. The molecule has 2 saturated heterocycles. The summed E-state index contributed by atoms with van der Waals surface area (Å²) in [6.07, 6.45) is 3.20. The lowest BCUT2D eigenvalue weighted by molar-refractivity contribution is -0.137. The molecule has 26 heavy (non-hydrogen) atoms. The summed E-state index contributed by atoms with van der Waals surface area (Å²) in [5.74, 6) is 0.0900. The summed E-state index contributed by atoms with van der Waals surface area (Å²) in [5.41, 5.74) is 2.35. The van der Waals surface area contributed by atoms with Gasteiger partial charge in [-0.2, -0.15) is 0 Å². The number of aromatic nitrogens is 1. The van der Waals surface area contributed by atoms with E-state index in [0.29, 0.717) is 19.5 Å². The Kier molecular flexibility index (Phi) is 4.68. The minimum Gasteiger partial charge on any atom is -0.361 e. The van der Waals surface area contributed by atoms with Gasteiger partial charge in [-0.25, -0.2) is 0 Å². The molecule has 0 bridgehead atoms. The van der Waals surface area contributed by atoms with Crippen molar-refractivity contribution >= 4 is 22.7 Å². The van der Waals surface area contributed by atoms with E-state index in [2.05, 4.69) is 29.1 Å². The number of rotatable bonds is 4. The highest BCUT2D eigenvalue weighted by molar-refractivity contribution is 5.89. The molecule has 2 fully saturated rings. The van der Waals surface area contributed by atoms with E-state index in [9.17, 15) is 9.59 Å². The fraction of sp³-hybridized carbons (Fsp3) is 0.500. The Labute approximate surface area is 153 Å². The highest BCUT2D eigenvalue weighted by atomic mass is 16.2. The number of hydrogen-bond donors (Lipinski definition) is 1. The number of para-hydroxylation sites is 1. The smallest absolute Gasteiger partial charge is 0.228 e. The predicted octanol–water partition coefficient (Wildman–Crippen LogP) is 1.33. The largest absolute Gasteiger partial charge is 0.361 e. The average Bonchev–Trinajstić information content (AvgIpc) is 3.23. The number of fused-ring (bicyclic) bond motifs is 1. The number of hydrogen-bond acceptors (Lipinski definition) is 3. The van der Waals surface area contributed by atoms with Crippen LogP contribution in [0.1, 0.15) is 12.0 Å². The maximum atomic E-state index is 12.7. The molecule has 4 rings (SSSR count). The second kappa shape index (κ2) is 7.11. The van der Waals surface area contributed by atoms with Crippen molar-refractivity contribution in [2.45, 2.75) is 12.8 Å². The first-order valence-electron chi connectivity index (χ1n) is 9.42.